The highest BCUT2D eigenvalue weighted by Gasteiger charge is 2.49. The molecule has 1 rings (SSSR count). The Morgan fingerprint density at radius 3 is 2.47 bits per heavy atom. The quantitative estimate of drug-likeness (QED) is 0.549. The zero-order chi connectivity index (χ0) is 14.3. The molecule has 112 valence electrons. The van der Waals surface area contributed by atoms with Gasteiger partial charge < -0.3 is 20.5 Å². The molecule has 1 aliphatic carbocycles. The molecule has 1 atom stereocenters. The number of primary amides is 1. The number of ether oxygens (including phenoxy) is 2. The highest BCUT2D eigenvalue weighted by molar-refractivity contribution is 5.85. The fourth-order valence-electron chi connectivity index (χ4n) is 2.23. The fraction of sp³-hybridized carbons (Fsp3) is 0.929. The summed E-state index contributed by atoms with van der Waals surface area (Å²) >= 11 is 0. The first-order chi connectivity index (χ1) is 9.03. The van der Waals surface area contributed by atoms with Gasteiger partial charge in [-0.3, -0.25) is 4.79 Å². The minimum Gasteiger partial charge on any atom is -0.379 e. The summed E-state index contributed by atoms with van der Waals surface area (Å²) < 4.78 is 11.1. The predicted octanol–water partition coefficient (Wildman–Crippen LogP) is 0.919. The van der Waals surface area contributed by atoms with Gasteiger partial charge in [0.05, 0.1) is 19.8 Å². The number of amides is 1. The van der Waals surface area contributed by atoms with Gasteiger partial charge in [-0.2, -0.15) is 0 Å². The Hall–Kier alpha value is -0.650. The van der Waals surface area contributed by atoms with Crippen LogP contribution in [-0.4, -0.2) is 44.4 Å². The van der Waals surface area contributed by atoms with E-state index >= 15 is 0 Å². The summed E-state index contributed by atoms with van der Waals surface area (Å²) in [5.74, 6) is 0.541. The van der Waals surface area contributed by atoms with E-state index in [4.69, 9.17) is 15.2 Å². The van der Waals surface area contributed by atoms with Gasteiger partial charge in [0.15, 0.2) is 0 Å². The maximum Gasteiger partial charge on any atom is 0.240 e. The lowest BCUT2D eigenvalue weighted by Gasteiger charge is -2.31. The van der Waals surface area contributed by atoms with Gasteiger partial charge in [-0.15, -0.1) is 0 Å². The van der Waals surface area contributed by atoms with E-state index in [1.54, 1.807) is 0 Å². The molecule has 1 fully saturated rings. The highest BCUT2D eigenvalue weighted by atomic mass is 16.5. The monoisotopic (exact) mass is 272 g/mol. The second-order valence-corrected chi connectivity index (χ2v) is 5.66. The summed E-state index contributed by atoms with van der Waals surface area (Å²) in [6.45, 7) is 9.04. The average Bonchev–Trinajstić information content (AvgIpc) is 3.15. The number of hydrogen-bond acceptors (Lipinski definition) is 4. The number of hydrogen-bond donors (Lipinski definition) is 2. The lowest BCUT2D eigenvalue weighted by Crippen LogP contribution is -2.60. The zero-order valence-corrected chi connectivity index (χ0v) is 12.4. The Morgan fingerprint density at radius 1 is 1.37 bits per heavy atom. The van der Waals surface area contributed by atoms with Gasteiger partial charge in [-0.05, 0) is 31.2 Å². The molecule has 0 saturated heterocycles. The molecule has 1 aliphatic rings. The van der Waals surface area contributed by atoms with Crippen molar-refractivity contribution in [1.29, 1.82) is 0 Å². The van der Waals surface area contributed by atoms with Crippen LogP contribution in [0, 0.1) is 11.8 Å². The molecule has 0 aromatic carbocycles. The van der Waals surface area contributed by atoms with Crippen molar-refractivity contribution in [1.82, 2.24) is 5.32 Å². The van der Waals surface area contributed by atoms with Crippen molar-refractivity contribution in [2.45, 2.75) is 39.2 Å². The van der Waals surface area contributed by atoms with Crippen LogP contribution in [-0.2, 0) is 14.3 Å². The van der Waals surface area contributed by atoms with Crippen molar-refractivity contribution in [2.75, 3.05) is 33.0 Å². The van der Waals surface area contributed by atoms with Crippen LogP contribution in [0.2, 0.25) is 0 Å². The second kappa shape index (κ2) is 7.82. The van der Waals surface area contributed by atoms with Crippen LogP contribution in [0.25, 0.3) is 0 Å². The number of carbonyl (C=O) groups is 1. The molecule has 0 spiro atoms. The third kappa shape index (κ3) is 5.09. The van der Waals surface area contributed by atoms with E-state index in [0.29, 0.717) is 38.2 Å². The largest absolute Gasteiger partial charge is 0.379 e. The minimum atomic E-state index is -0.688. The molecule has 1 amide bonds. The van der Waals surface area contributed by atoms with Gasteiger partial charge in [0.2, 0.25) is 5.91 Å². The maximum atomic E-state index is 11.8. The van der Waals surface area contributed by atoms with Crippen molar-refractivity contribution in [3.05, 3.63) is 0 Å². The van der Waals surface area contributed by atoms with Crippen molar-refractivity contribution in [2.24, 2.45) is 17.6 Å². The van der Waals surface area contributed by atoms with Crippen LogP contribution >= 0.6 is 0 Å². The molecular weight excluding hydrogens is 244 g/mol. The Bertz CT molecular complexity index is 280. The molecule has 19 heavy (non-hydrogen) atoms. The van der Waals surface area contributed by atoms with Crippen LogP contribution in [0.4, 0.5) is 0 Å². The first kappa shape index (κ1) is 16.4. The third-order valence-electron chi connectivity index (χ3n) is 3.36. The summed E-state index contributed by atoms with van der Waals surface area (Å²) in [5, 5.41) is 3.23. The highest BCUT2D eigenvalue weighted by Crippen LogP contribution is 2.39. The topological polar surface area (TPSA) is 73.6 Å². The Balaban J connectivity index is 2.31. The van der Waals surface area contributed by atoms with E-state index in [1.165, 1.54) is 0 Å². The lowest BCUT2D eigenvalue weighted by molar-refractivity contribution is -0.128. The van der Waals surface area contributed by atoms with Crippen LogP contribution in [0.3, 0.4) is 0 Å². The van der Waals surface area contributed by atoms with E-state index in [2.05, 4.69) is 19.2 Å². The molecule has 0 aromatic rings. The molecule has 1 saturated carbocycles. The van der Waals surface area contributed by atoms with Gasteiger partial charge in [-0.25, -0.2) is 0 Å². The maximum absolute atomic E-state index is 11.8. The van der Waals surface area contributed by atoms with Crippen LogP contribution in [0.1, 0.15) is 33.6 Å². The Morgan fingerprint density at radius 2 is 2.00 bits per heavy atom. The van der Waals surface area contributed by atoms with Crippen molar-refractivity contribution in [3.63, 3.8) is 0 Å². The standard InChI is InChI=1S/C14H28N2O3/c1-4-16-14(13(15)17,12-5-6-12)10-19-8-7-18-9-11(2)3/h11-12,16H,4-10H2,1-3H3,(H2,15,17). The summed E-state index contributed by atoms with van der Waals surface area (Å²) in [4.78, 5) is 11.8. The first-order valence-corrected chi connectivity index (χ1v) is 7.23. The van der Waals surface area contributed by atoms with Crippen LogP contribution in [0.5, 0.6) is 0 Å². The van der Waals surface area contributed by atoms with E-state index in [1.807, 2.05) is 6.92 Å². The molecule has 5 nitrogen and oxygen atoms in total. The number of nitrogens with one attached hydrogen (secondary N) is 1. The Labute approximate surface area is 116 Å². The molecule has 1 unspecified atom stereocenters. The van der Waals surface area contributed by atoms with Gasteiger partial charge in [0, 0.05) is 6.61 Å². The number of carbonyl (C=O) groups excluding carboxylic acids is 1. The molecule has 3 N–H and O–H groups in total. The molecule has 0 aromatic heterocycles. The molecule has 0 radical (unpaired) electrons. The van der Waals surface area contributed by atoms with Crippen molar-refractivity contribution < 1.29 is 14.3 Å². The second-order valence-electron chi connectivity index (χ2n) is 5.66. The van der Waals surface area contributed by atoms with E-state index in [0.717, 1.165) is 19.4 Å². The summed E-state index contributed by atoms with van der Waals surface area (Å²) in [5.41, 5.74) is 4.88. The fourth-order valence-corrected chi connectivity index (χ4v) is 2.23. The lowest BCUT2D eigenvalue weighted by atomic mass is 9.93. The van der Waals surface area contributed by atoms with Crippen LogP contribution in [0.15, 0.2) is 0 Å². The smallest absolute Gasteiger partial charge is 0.240 e. The average molecular weight is 272 g/mol. The normalized spacial score (nSPS) is 18.5. The van der Waals surface area contributed by atoms with Crippen molar-refractivity contribution in [3.8, 4) is 0 Å². The van der Waals surface area contributed by atoms with Crippen molar-refractivity contribution >= 4 is 5.91 Å². The van der Waals surface area contributed by atoms with Gasteiger partial charge in [0.25, 0.3) is 0 Å². The zero-order valence-electron chi connectivity index (χ0n) is 12.4. The third-order valence-corrected chi connectivity index (χ3v) is 3.36. The molecule has 5 heteroatoms. The summed E-state index contributed by atoms with van der Waals surface area (Å²) in [6.07, 6.45) is 2.09. The predicted molar refractivity (Wildman–Crippen MR) is 74.8 cm³/mol. The number of nitrogens with two attached hydrogens (primary N) is 1. The van der Waals surface area contributed by atoms with Gasteiger partial charge in [0.1, 0.15) is 5.54 Å². The van der Waals surface area contributed by atoms with Gasteiger partial charge in [-0.1, -0.05) is 20.8 Å². The summed E-state index contributed by atoms with van der Waals surface area (Å²) in [6, 6.07) is 0. The number of likely N-dealkylation sites (N-methyl/N-ethyl adjacent to an activating group) is 1. The summed E-state index contributed by atoms with van der Waals surface area (Å²) in [7, 11) is 0. The molecular formula is C14H28N2O3. The number of rotatable bonds is 11. The van der Waals surface area contributed by atoms with E-state index in [9.17, 15) is 4.79 Å². The van der Waals surface area contributed by atoms with Crippen LogP contribution < -0.4 is 11.1 Å². The van der Waals surface area contributed by atoms with Gasteiger partial charge >= 0.3 is 0 Å². The molecule has 0 aliphatic heterocycles. The molecule has 0 heterocycles. The van der Waals surface area contributed by atoms with E-state index < -0.39 is 5.54 Å². The SMILES string of the molecule is CCNC(COCCOCC(C)C)(C(N)=O)C1CC1. The minimum absolute atomic E-state index is 0.306. The molecule has 0 bridgehead atoms. The Kier molecular flexibility index (Phi) is 6.75. The first-order valence-electron chi connectivity index (χ1n) is 7.23. The van der Waals surface area contributed by atoms with E-state index in [-0.39, 0.29) is 5.91 Å².